The van der Waals surface area contributed by atoms with E-state index < -0.39 is 42.2 Å². The molecule has 0 saturated heterocycles. The van der Waals surface area contributed by atoms with Crippen molar-refractivity contribution in [3.05, 3.63) is 0 Å². The van der Waals surface area contributed by atoms with Crippen LogP contribution in [0.1, 0.15) is 0 Å². The minimum Gasteiger partial charge on any atom is -0.396 e. The maximum absolute atomic E-state index is 8.74. The Kier molecular flexibility index (Phi) is 8.15. The van der Waals surface area contributed by atoms with Gasteiger partial charge in [0.2, 0.25) is 0 Å². The van der Waals surface area contributed by atoms with Gasteiger partial charge in [-0.3, -0.25) is 9.11 Å². The zero-order chi connectivity index (χ0) is 11.8. The zero-order valence-electron chi connectivity index (χ0n) is 7.24. The molecule has 0 aliphatic heterocycles. The quantitative estimate of drug-likeness (QED) is 0.287. The minimum absolute atomic E-state index is 0.406. The molecule has 0 amide bonds. The van der Waals surface area contributed by atoms with Crippen LogP contribution in [-0.2, 0) is 10.4 Å². The lowest BCUT2D eigenvalue weighted by molar-refractivity contribution is -0.0328. The van der Waals surface area contributed by atoms with E-state index in [0.29, 0.717) is 0 Å². The molecule has 14 heavy (non-hydrogen) atoms. The zero-order valence-corrected chi connectivity index (χ0v) is 8.05. The molecule has 0 aromatic heterocycles. The van der Waals surface area contributed by atoms with Crippen LogP contribution in [0.15, 0.2) is 0 Å². The summed E-state index contributed by atoms with van der Waals surface area (Å²) in [6.07, 6.45) is 0. The van der Waals surface area contributed by atoms with Gasteiger partial charge in [0.25, 0.3) is 0 Å². The highest BCUT2D eigenvalue weighted by molar-refractivity contribution is 7.79. The molecular weight excluding hydrogens is 220 g/mol. The Labute approximate surface area is 81.0 Å². The molecule has 0 unspecified atom stereocenters. The molecule has 0 aromatic carbocycles. The van der Waals surface area contributed by atoms with E-state index in [1.165, 1.54) is 0 Å². The summed E-state index contributed by atoms with van der Waals surface area (Å²) in [7, 11) is -4.67. The van der Waals surface area contributed by atoms with Gasteiger partial charge >= 0.3 is 10.4 Å². The maximum atomic E-state index is 8.74. The second-order valence-corrected chi connectivity index (χ2v) is 3.48. The number of aliphatic hydroxyl groups excluding tert-OH is 4. The number of rotatable bonds is 4. The lowest BCUT2D eigenvalue weighted by Crippen LogP contribution is -2.37. The predicted molar refractivity (Wildman–Crippen MR) is 45.0 cm³/mol. The fraction of sp³-hybridized carbons (Fsp3) is 1.00. The van der Waals surface area contributed by atoms with Gasteiger partial charge in [-0.25, -0.2) is 0 Å². The van der Waals surface area contributed by atoms with Gasteiger partial charge in [-0.05, 0) is 0 Å². The summed E-state index contributed by atoms with van der Waals surface area (Å²) in [5.41, 5.74) is -1.11. The molecule has 0 fully saturated rings. The summed E-state index contributed by atoms with van der Waals surface area (Å²) in [6, 6.07) is 0. The average molecular weight is 234 g/mol. The monoisotopic (exact) mass is 234 g/mol. The van der Waals surface area contributed by atoms with Crippen LogP contribution in [-0.4, -0.2) is 64.4 Å². The highest BCUT2D eigenvalue weighted by atomic mass is 32.3. The molecule has 0 saturated carbocycles. The van der Waals surface area contributed by atoms with E-state index in [2.05, 4.69) is 0 Å². The molecule has 6 N–H and O–H groups in total. The standard InChI is InChI=1S/C5H12O4.H2O4S/c6-1-5(2-7,3-8)4-9;1-5(2,3)4/h6-9H,1-4H2;(H2,1,2,3,4). The highest BCUT2D eigenvalue weighted by Gasteiger charge is 2.26. The topological polar surface area (TPSA) is 156 Å². The van der Waals surface area contributed by atoms with Gasteiger partial charge in [0.15, 0.2) is 0 Å². The third kappa shape index (κ3) is 9.80. The molecule has 9 heteroatoms. The maximum Gasteiger partial charge on any atom is 0.394 e. The van der Waals surface area contributed by atoms with Crippen molar-refractivity contribution in [3.63, 3.8) is 0 Å². The molecule has 88 valence electrons. The van der Waals surface area contributed by atoms with Crippen molar-refractivity contribution in [2.75, 3.05) is 26.4 Å². The Morgan fingerprint density at radius 3 is 0.929 bits per heavy atom. The van der Waals surface area contributed by atoms with E-state index in [0.717, 1.165) is 0 Å². The third-order valence-corrected chi connectivity index (χ3v) is 1.34. The summed E-state index contributed by atoms with van der Waals surface area (Å²) >= 11 is 0. The van der Waals surface area contributed by atoms with E-state index in [1.807, 2.05) is 0 Å². The van der Waals surface area contributed by atoms with E-state index in [-0.39, 0.29) is 0 Å². The Balaban J connectivity index is 0. The van der Waals surface area contributed by atoms with Gasteiger partial charge in [0.1, 0.15) is 0 Å². The van der Waals surface area contributed by atoms with Gasteiger partial charge in [-0.2, -0.15) is 8.42 Å². The summed E-state index contributed by atoms with van der Waals surface area (Å²) < 4.78 is 31.6. The van der Waals surface area contributed by atoms with Crippen molar-refractivity contribution in [2.24, 2.45) is 5.41 Å². The van der Waals surface area contributed by atoms with Crippen LogP contribution in [0.4, 0.5) is 0 Å². The molecule has 0 radical (unpaired) electrons. The molecular formula is C5H14O8S. The molecule has 8 nitrogen and oxygen atoms in total. The van der Waals surface area contributed by atoms with Gasteiger partial charge in [0.05, 0.1) is 31.8 Å². The van der Waals surface area contributed by atoms with Crippen molar-refractivity contribution in [3.8, 4) is 0 Å². The van der Waals surface area contributed by atoms with E-state index in [9.17, 15) is 0 Å². The second-order valence-electron chi connectivity index (χ2n) is 2.58. The van der Waals surface area contributed by atoms with E-state index in [1.54, 1.807) is 0 Å². The van der Waals surface area contributed by atoms with Gasteiger partial charge in [-0.1, -0.05) is 0 Å². The van der Waals surface area contributed by atoms with Crippen LogP contribution in [0, 0.1) is 5.41 Å². The minimum atomic E-state index is -4.67. The van der Waals surface area contributed by atoms with Crippen LogP contribution in [0.25, 0.3) is 0 Å². The second kappa shape index (κ2) is 7.06. The van der Waals surface area contributed by atoms with Crippen LogP contribution in [0.5, 0.6) is 0 Å². The molecule has 0 aliphatic rings. The summed E-state index contributed by atoms with van der Waals surface area (Å²) in [6.45, 7) is -1.62. The van der Waals surface area contributed by atoms with E-state index in [4.69, 9.17) is 37.9 Å². The Bertz CT molecular complexity index is 192. The third-order valence-electron chi connectivity index (χ3n) is 1.34. The van der Waals surface area contributed by atoms with Crippen molar-refractivity contribution >= 4 is 10.4 Å². The van der Waals surface area contributed by atoms with Gasteiger partial charge in [0, 0.05) is 0 Å². The van der Waals surface area contributed by atoms with Gasteiger partial charge < -0.3 is 20.4 Å². The molecule has 0 spiro atoms. The molecule has 0 rings (SSSR count). The van der Waals surface area contributed by atoms with Gasteiger partial charge in [-0.15, -0.1) is 0 Å². The molecule has 0 atom stereocenters. The lowest BCUT2D eigenvalue weighted by atomic mass is 9.93. The summed E-state index contributed by atoms with van der Waals surface area (Å²) in [4.78, 5) is 0. The largest absolute Gasteiger partial charge is 0.396 e. The number of hydrogen-bond acceptors (Lipinski definition) is 6. The van der Waals surface area contributed by atoms with E-state index >= 15 is 0 Å². The highest BCUT2D eigenvalue weighted by Crippen LogP contribution is 2.11. The molecule has 0 bridgehead atoms. The Hall–Kier alpha value is -0.290. The van der Waals surface area contributed by atoms with Crippen molar-refractivity contribution < 1.29 is 37.9 Å². The first kappa shape index (κ1) is 16.2. The number of hydrogen-bond donors (Lipinski definition) is 6. The van der Waals surface area contributed by atoms with Crippen LogP contribution in [0.3, 0.4) is 0 Å². The van der Waals surface area contributed by atoms with Crippen molar-refractivity contribution in [2.45, 2.75) is 0 Å². The summed E-state index contributed by atoms with van der Waals surface area (Å²) in [5.74, 6) is 0. The normalized spacial score (nSPS) is 11.9. The Morgan fingerprint density at radius 1 is 0.786 bits per heavy atom. The molecule has 0 aliphatic carbocycles. The predicted octanol–water partition coefficient (Wildman–Crippen LogP) is -2.71. The SMILES string of the molecule is O=S(=O)(O)O.OCC(CO)(CO)CO. The van der Waals surface area contributed by atoms with Crippen LogP contribution < -0.4 is 0 Å². The molecule has 0 heterocycles. The first-order valence-corrected chi connectivity index (χ1v) is 4.77. The van der Waals surface area contributed by atoms with Crippen LogP contribution in [0.2, 0.25) is 0 Å². The van der Waals surface area contributed by atoms with Crippen molar-refractivity contribution in [1.29, 1.82) is 0 Å². The van der Waals surface area contributed by atoms with Crippen LogP contribution >= 0.6 is 0 Å². The average Bonchev–Trinajstić information content (AvgIpc) is 2.07. The lowest BCUT2D eigenvalue weighted by Gasteiger charge is -2.23. The Morgan fingerprint density at radius 2 is 0.929 bits per heavy atom. The fourth-order valence-corrected chi connectivity index (χ4v) is 0.300. The summed E-state index contributed by atoms with van der Waals surface area (Å²) in [5, 5.41) is 34.0. The first-order chi connectivity index (χ1) is 6.24. The molecule has 0 aromatic rings. The van der Waals surface area contributed by atoms with Crippen molar-refractivity contribution in [1.82, 2.24) is 0 Å². The smallest absolute Gasteiger partial charge is 0.394 e. The number of aliphatic hydroxyl groups is 4. The first-order valence-electron chi connectivity index (χ1n) is 3.38. The fourth-order valence-electron chi connectivity index (χ4n) is 0.300.